The number of aromatic nitrogens is 5. The quantitative estimate of drug-likeness (QED) is 0.741. The maximum absolute atomic E-state index is 12.5. The van der Waals surface area contributed by atoms with Crippen LogP contribution in [-0.2, 0) is 0 Å². The van der Waals surface area contributed by atoms with Crippen molar-refractivity contribution in [2.75, 3.05) is 5.32 Å². The van der Waals surface area contributed by atoms with E-state index in [0.717, 1.165) is 16.8 Å². The second-order valence-electron chi connectivity index (χ2n) is 5.34. The summed E-state index contributed by atoms with van der Waals surface area (Å²) >= 11 is 0. The van der Waals surface area contributed by atoms with Crippen LogP contribution in [0, 0.1) is 13.8 Å². The van der Waals surface area contributed by atoms with E-state index >= 15 is 0 Å². The van der Waals surface area contributed by atoms with Gasteiger partial charge < -0.3 is 10.4 Å². The number of carbonyl (C=O) groups excluding carboxylic acids is 1. The second-order valence-corrected chi connectivity index (χ2v) is 5.34. The van der Waals surface area contributed by atoms with Crippen LogP contribution in [-0.4, -0.2) is 41.7 Å². The smallest absolute Gasteiger partial charge is 0.356 e. The summed E-state index contributed by atoms with van der Waals surface area (Å²) in [7, 11) is 0. The zero-order valence-electron chi connectivity index (χ0n) is 13.5. The minimum atomic E-state index is -1.32. The van der Waals surface area contributed by atoms with Gasteiger partial charge in [0, 0.05) is 18.1 Å². The fraction of sp³-hybridized carbons (Fsp3) is 0.125. The van der Waals surface area contributed by atoms with Crippen molar-refractivity contribution >= 4 is 17.6 Å². The Morgan fingerprint density at radius 1 is 1.00 bits per heavy atom. The lowest BCUT2D eigenvalue weighted by Crippen LogP contribution is -2.20. The van der Waals surface area contributed by atoms with Gasteiger partial charge in [-0.2, -0.15) is 0 Å². The van der Waals surface area contributed by atoms with Gasteiger partial charge in [-0.15, -0.1) is 10.2 Å². The molecule has 3 aromatic rings. The highest BCUT2D eigenvalue weighted by Crippen LogP contribution is 2.24. The van der Waals surface area contributed by atoms with Crippen molar-refractivity contribution in [2.24, 2.45) is 0 Å². The average molecular weight is 338 g/mol. The van der Waals surface area contributed by atoms with Crippen molar-refractivity contribution < 1.29 is 14.7 Å². The number of nitrogens with zero attached hydrogens (tertiary/aromatic N) is 5. The third-order valence-corrected chi connectivity index (χ3v) is 3.60. The largest absolute Gasteiger partial charge is 0.476 e. The highest BCUT2D eigenvalue weighted by Gasteiger charge is 2.20. The third kappa shape index (κ3) is 3.20. The Hall–Kier alpha value is -3.62. The molecule has 2 N–H and O–H groups in total. The van der Waals surface area contributed by atoms with Crippen molar-refractivity contribution in [1.29, 1.82) is 0 Å². The zero-order valence-corrected chi connectivity index (χ0v) is 13.5. The van der Waals surface area contributed by atoms with E-state index < -0.39 is 17.6 Å². The lowest BCUT2D eigenvalue weighted by atomic mass is 10.1. The summed E-state index contributed by atoms with van der Waals surface area (Å²) in [6.07, 6.45) is 5.59. The first-order valence-corrected chi connectivity index (χ1v) is 7.29. The van der Waals surface area contributed by atoms with Gasteiger partial charge in [-0.05, 0) is 31.0 Å². The molecule has 0 unspecified atom stereocenters. The molecule has 3 rings (SSSR count). The molecule has 0 fully saturated rings. The van der Waals surface area contributed by atoms with Gasteiger partial charge in [0.1, 0.15) is 12.7 Å². The molecule has 1 aromatic carbocycles. The molecule has 0 aliphatic heterocycles. The number of aromatic carboxylic acids is 1. The van der Waals surface area contributed by atoms with Crippen molar-refractivity contribution in [3.05, 3.63) is 59.7 Å². The second kappa shape index (κ2) is 6.48. The van der Waals surface area contributed by atoms with Crippen LogP contribution in [0.25, 0.3) is 5.69 Å². The Morgan fingerprint density at radius 2 is 1.64 bits per heavy atom. The van der Waals surface area contributed by atoms with Gasteiger partial charge >= 0.3 is 5.97 Å². The summed E-state index contributed by atoms with van der Waals surface area (Å²) in [4.78, 5) is 31.2. The lowest BCUT2D eigenvalue weighted by Gasteiger charge is -2.13. The molecule has 9 nitrogen and oxygen atoms in total. The number of aryl methyl sites for hydroxylation is 2. The van der Waals surface area contributed by atoms with Gasteiger partial charge in [0.2, 0.25) is 0 Å². The summed E-state index contributed by atoms with van der Waals surface area (Å²) in [5, 5.41) is 19.4. The Kier molecular flexibility index (Phi) is 4.21. The first-order chi connectivity index (χ1) is 12.0. The number of hydrogen-bond acceptors (Lipinski definition) is 6. The Morgan fingerprint density at radius 3 is 2.28 bits per heavy atom. The van der Waals surface area contributed by atoms with Crippen LogP contribution in [0.4, 0.5) is 5.69 Å². The molecule has 0 atom stereocenters. The number of anilines is 1. The molecule has 0 radical (unpaired) electrons. The van der Waals surface area contributed by atoms with Crippen LogP contribution in [0.1, 0.15) is 32.1 Å². The van der Waals surface area contributed by atoms with Crippen LogP contribution in [0.2, 0.25) is 0 Å². The van der Waals surface area contributed by atoms with E-state index in [1.807, 2.05) is 19.9 Å². The van der Waals surface area contributed by atoms with Gasteiger partial charge in [-0.25, -0.2) is 14.8 Å². The minimum Gasteiger partial charge on any atom is -0.476 e. The zero-order chi connectivity index (χ0) is 18.0. The number of rotatable bonds is 4. The van der Waals surface area contributed by atoms with E-state index in [9.17, 15) is 9.59 Å². The predicted octanol–water partition coefficient (Wildman–Crippen LogP) is 1.62. The molecule has 25 heavy (non-hydrogen) atoms. The molecule has 0 saturated heterocycles. The van der Waals surface area contributed by atoms with Gasteiger partial charge in [0.05, 0.1) is 5.69 Å². The normalized spacial score (nSPS) is 10.5. The predicted molar refractivity (Wildman–Crippen MR) is 87.8 cm³/mol. The first-order valence-electron chi connectivity index (χ1n) is 7.29. The standard InChI is InChI=1S/C16H14N6O3/c1-9-5-10(2)12(22-7-19-20-8-22)6-11(9)21-15(23)13-14(16(24)25)18-4-3-17-13/h3-8H,1-2H3,(H,21,23)(H,24,25). The van der Waals surface area contributed by atoms with E-state index in [-0.39, 0.29) is 5.69 Å². The monoisotopic (exact) mass is 338 g/mol. The lowest BCUT2D eigenvalue weighted by molar-refractivity contribution is 0.0685. The van der Waals surface area contributed by atoms with Crippen LogP contribution in [0.5, 0.6) is 0 Å². The summed E-state index contributed by atoms with van der Waals surface area (Å²) in [6, 6.07) is 3.67. The fourth-order valence-corrected chi connectivity index (χ4v) is 2.42. The van der Waals surface area contributed by atoms with E-state index in [1.165, 1.54) is 12.4 Å². The maximum Gasteiger partial charge on any atom is 0.356 e. The Labute approximate surface area is 142 Å². The molecule has 0 bridgehead atoms. The van der Waals surface area contributed by atoms with E-state index in [1.54, 1.807) is 23.3 Å². The molecule has 2 heterocycles. The average Bonchev–Trinajstić information content (AvgIpc) is 3.11. The number of benzene rings is 1. The van der Waals surface area contributed by atoms with Crippen molar-refractivity contribution in [3.63, 3.8) is 0 Å². The van der Waals surface area contributed by atoms with Crippen LogP contribution in [0.15, 0.2) is 37.2 Å². The van der Waals surface area contributed by atoms with Gasteiger partial charge in [-0.3, -0.25) is 9.36 Å². The molecule has 0 spiro atoms. The molecule has 0 aliphatic rings. The van der Waals surface area contributed by atoms with Gasteiger partial charge in [-0.1, -0.05) is 6.07 Å². The summed E-state index contributed by atoms with van der Waals surface area (Å²) in [5.74, 6) is -1.96. The summed E-state index contributed by atoms with van der Waals surface area (Å²) in [5.41, 5.74) is 2.47. The molecule has 0 aliphatic carbocycles. The maximum atomic E-state index is 12.5. The van der Waals surface area contributed by atoms with Crippen molar-refractivity contribution in [2.45, 2.75) is 13.8 Å². The highest BCUT2D eigenvalue weighted by atomic mass is 16.4. The van der Waals surface area contributed by atoms with Gasteiger partial charge in [0.25, 0.3) is 5.91 Å². The molecule has 1 amide bonds. The summed E-state index contributed by atoms with van der Waals surface area (Å²) in [6.45, 7) is 3.77. The first kappa shape index (κ1) is 16.2. The SMILES string of the molecule is Cc1cc(C)c(-n2cnnc2)cc1NC(=O)c1nccnc1C(=O)O. The minimum absolute atomic E-state index is 0.249. The van der Waals surface area contributed by atoms with Gasteiger partial charge in [0.15, 0.2) is 11.4 Å². The third-order valence-electron chi connectivity index (χ3n) is 3.60. The molecule has 2 aromatic heterocycles. The molecular formula is C16H14N6O3. The number of nitrogens with one attached hydrogen (secondary N) is 1. The number of amides is 1. The topological polar surface area (TPSA) is 123 Å². The Balaban J connectivity index is 1.97. The molecule has 126 valence electrons. The van der Waals surface area contributed by atoms with E-state index in [4.69, 9.17) is 5.11 Å². The fourth-order valence-electron chi connectivity index (χ4n) is 2.42. The Bertz CT molecular complexity index is 953. The number of carboxylic acid groups (broad SMARTS) is 1. The van der Waals surface area contributed by atoms with Crippen LogP contribution in [0.3, 0.4) is 0 Å². The number of carbonyl (C=O) groups is 2. The van der Waals surface area contributed by atoms with Crippen molar-refractivity contribution in [3.8, 4) is 5.69 Å². The summed E-state index contributed by atoms with van der Waals surface area (Å²) < 4.78 is 1.72. The number of carboxylic acids is 1. The van der Waals surface area contributed by atoms with Crippen LogP contribution >= 0.6 is 0 Å². The molecule has 0 saturated carbocycles. The molecular weight excluding hydrogens is 324 g/mol. The van der Waals surface area contributed by atoms with Crippen molar-refractivity contribution in [1.82, 2.24) is 24.7 Å². The molecule has 9 heteroatoms. The van der Waals surface area contributed by atoms with E-state index in [0.29, 0.717) is 5.69 Å². The highest BCUT2D eigenvalue weighted by molar-refractivity contribution is 6.08. The van der Waals surface area contributed by atoms with E-state index in [2.05, 4.69) is 25.5 Å². The van der Waals surface area contributed by atoms with Crippen LogP contribution < -0.4 is 5.32 Å². The number of hydrogen-bond donors (Lipinski definition) is 2.